The van der Waals surface area contributed by atoms with Gasteiger partial charge in [-0.2, -0.15) is 5.10 Å². The molecule has 3 rings (SSSR count). The largest absolute Gasteiger partial charge is 0.335 e. The Balaban J connectivity index is 1.55. The smallest absolute Gasteiger partial charge is 0.275 e. The predicted molar refractivity (Wildman–Crippen MR) is 99.1 cm³/mol. The average Bonchev–Trinajstić information content (AvgIpc) is 2.94. The first-order chi connectivity index (χ1) is 12.0. The average molecular weight is 456 g/mol. The number of H-pyrrole nitrogens is 1. The molecule has 0 aliphatic carbocycles. The SMILES string of the molecule is Cc1[nH]nc(C(=O)N2CCN(CC(=O)c3ccc(F)cc3)CC2)c1I. The van der Waals surface area contributed by atoms with E-state index >= 15 is 0 Å². The van der Waals surface area contributed by atoms with Crippen molar-refractivity contribution < 1.29 is 14.0 Å². The van der Waals surface area contributed by atoms with Crippen LogP contribution in [0, 0.1) is 16.3 Å². The van der Waals surface area contributed by atoms with Gasteiger partial charge in [0, 0.05) is 37.4 Å². The van der Waals surface area contributed by atoms with Crippen LogP contribution in [0.5, 0.6) is 0 Å². The van der Waals surface area contributed by atoms with Crippen LogP contribution in [0.25, 0.3) is 0 Å². The highest BCUT2D eigenvalue weighted by atomic mass is 127. The number of aromatic amines is 1. The van der Waals surface area contributed by atoms with E-state index in [9.17, 15) is 14.0 Å². The minimum absolute atomic E-state index is 0.0442. The van der Waals surface area contributed by atoms with E-state index < -0.39 is 0 Å². The minimum atomic E-state index is -0.355. The zero-order valence-corrected chi connectivity index (χ0v) is 15.9. The van der Waals surface area contributed by atoms with E-state index in [1.165, 1.54) is 24.3 Å². The van der Waals surface area contributed by atoms with Crippen molar-refractivity contribution in [3.05, 3.63) is 50.6 Å². The van der Waals surface area contributed by atoms with E-state index in [1.54, 1.807) is 4.90 Å². The number of carbonyl (C=O) groups excluding carboxylic acids is 2. The van der Waals surface area contributed by atoms with Gasteiger partial charge in [0.25, 0.3) is 5.91 Å². The van der Waals surface area contributed by atoms with Gasteiger partial charge in [-0.1, -0.05) is 0 Å². The standard InChI is InChI=1S/C17H18FIN4O2/c1-11-15(19)16(21-20-11)17(25)23-8-6-22(7-9-23)10-14(24)12-2-4-13(18)5-3-12/h2-5H,6-10H2,1H3,(H,20,21). The molecule has 1 aromatic carbocycles. The molecule has 6 nitrogen and oxygen atoms in total. The second-order valence-corrected chi connectivity index (χ2v) is 7.09. The minimum Gasteiger partial charge on any atom is -0.335 e. The Kier molecular flexibility index (Phi) is 5.48. The summed E-state index contributed by atoms with van der Waals surface area (Å²) in [6, 6.07) is 5.58. The summed E-state index contributed by atoms with van der Waals surface area (Å²) in [6.07, 6.45) is 0. The summed E-state index contributed by atoms with van der Waals surface area (Å²) in [6.45, 7) is 4.50. The van der Waals surface area contributed by atoms with Crippen molar-refractivity contribution in [1.29, 1.82) is 0 Å². The van der Waals surface area contributed by atoms with Gasteiger partial charge in [-0.05, 0) is 53.8 Å². The van der Waals surface area contributed by atoms with Crippen LogP contribution in [0.1, 0.15) is 26.5 Å². The molecule has 25 heavy (non-hydrogen) atoms. The molecule has 0 saturated carbocycles. The number of nitrogens with one attached hydrogen (secondary N) is 1. The Labute approximate surface area is 158 Å². The third-order valence-electron chi connectivity index (χ3n) is 4.27. The van der Waals surface area contributed by atoms with Gasteiger partial charge >= 0.3 is 0 Å². The van der Waals surface area contributed by atoms with Gasteiger partial charge in [-0.3, -0.25) is 19.6 Å². The fourth-order valence-corrected chi connectivity index (χ4v) is 3.22. The molecule has 1 aliphatic heterocycles. The fourth-order valence-electron chi connectivity index (χ4n) is 2.75. The monoisotopic (exact) mass is 456 g/mol. The zero-order valence-electron chi connectivity index (χ0n) is 13.8. The molecule has 0 unspecified atom stereocenters. The fraction of sp³-hybridized carbons (Fsp3) is 0.353. The van der Waals surface area contributed by atoms with Crippen molar-refractivity contribution in [2.75, 3.05) is 32.7 Å². The van der Waals surface area contributed by atoms with Crippen molar-refractivity contribution in [1.82, 2.24) is 20.0 Å². The van der Waals surface area contributed by atoms with E-state index in [2.05, 4.69) is 32.8 Å². The first-order valence-corrected chi connectivity index (χ1v) is 9.04. The number of benzene rings is 1. The van der Waals surface area contributed by atoms with Gasteiger partial charge in [0.15, 0.2) is 11.5 Å². The number of hydrogen-bond donors (Lipinski definition) is 1. The predicted octanol–water partition coefficient (Wildman–Crippen LogP) is 2.10. The Morgan fingerprint density at radius 2 is 1.84 bits per heavy atom. The Hall–Kier alpha value is -1.81. The number of halogens is 2. The third-order valence-corrected chi connectivity index (χ3v) is 5.59. The molecular weight excluding hydrogens is 438 g/mol. The number of carbonyl (C=O) groups is 2. The summed E-state index contributed by atoms with van der Waals surface area (Å²) in [5.74, 6) is -0.484. The number of rotatable bonds is 4. The maximum atomic E-state index is 12.9. The molecule has 0 spiro atoms. The van der Waals surface area contributed by atoms with Gasteiger partial charge in [0.1, 0.15) is 5.82 Å². The zero-order chi connectivity index (χ0) is 18.0. The molecule has 0 bridgehead atoms. The van der Waals surface area contributed by atoms with Crippen molar-refractivity contribution in [2.45, 2.75) is 6.92 Å². The molecule has 2 aromatic rings. The second kappa shape index (κ2) is 7.61. The molecule has 2 heterocycles. The van der Waals surface area contributed by atoms with Gasteiger partial charge in [0.05, 0.1) is 10.1 Å². The van der Waals surface area contributed by atoms with Crippen LogP contribution in [-0.4, -0.2) is 64.4 Å². The lowest BCUT2D eigenvalue weighted by Gasteiger charge is -2.34. The lowest BCUT2D eigenvalue weighted by molar-refractivity contribution is 0.0618. The van der Waals surface area contributed by atoms with Crippen LogP contribution < -0.4 is 0 Å². The summed E-state index contributed by atoms with van der Waals surface area (Å²) < 4.78 is 13.8. The number of aromatic nitrogens is 2. The van der Waals surface area contributed by atoms with Crippen molar-refractivity contribution in [3.8, 4) is 0 Å². The number of amides is 1. The van der Waals surface area contributed by atoms with Crippen molar-refractivity contribution in [2.24, 2.45) is 0 Å². The van der Waals surface area contributed by atoms with Gasteiger partial charge in [-0.15, -0.1) is 0 Å². The molecular formula is C17H18FIN4O2. The Morgan fingerprint density at radius 1 is 1.20 bits per heavy atom. The molecule has 1 amide bonds. The molecule has 0 radical (unpaired) electrons. The molecule has 0 atom stereocenters. The number of Topliss-reactive ketones (excluding diaryl/α,β-unsaturated/α-hetero) is 1. The normalized spacial score (nSPS) is 15.4. The second-order valence-electron chi connectivity index (χ2n) is 6.01. The summed E-state index contributed by atoms with van der Waals surface area (Å²) in [4.78, 5) is 28.6. The number of ketones is 1. The molecule has 132 valence electrons. The van der Waals surface area contributed by atoms with Gasteiger partial charge in [-0.25, -0.2) is 4.39 Å². The highest BCUT2D eigenvalue weighted by Gasteiger charge is 2.26. The van der Waals surface area contributed by atoms with E-state index in [0.717, 1.165) is 9.26 Å². The number of aryl methyl sites for hydroxylation is 1. The number of piperazine rings is 1. The van der Waals surface area contributed by atoms with Crippen LogP contribution in [0.4, 0.5) is 4.39 Å². The first-order valence-electron chi connectivity index (χ1n) is 7.96. The molecule has 1 N–H and O–H groups in total. The Bertz CT molecular complexity index is 782. The van der Waals surface area contributed by atoms with E-state index in [1.807, 2.05) is 11.8 Å². The maximum absolute atomic E-state index is 12.9. The summed E-state index contributed by atoms with van der Waals surface area (Å²) in [5.41, 5.74) is 1.84. The summed E-state index contributed by atoms with van der Waals surface area (Å²) in [7, 11) is 0. The molecule has 1 fully saturated rings. The van der Waals surface area contributed by atoms with Crippen LogP contribution >= 0.6 is 22.6 Å². The van der Waals surface area contributed by atoms with Gasteiger partial charge in [0.2, 0.25) is 0 Å². The molecule has 8 heteroatoms. The summed E-state index contributed by atoms with van der Waals surface area (Å²) in [5, 5.41) is 6.91. The lowest BCUT2D eigenvalue weighted by atomic mass is 10.1. The highest BCUT2D eigenvalue weighted by Crippen LogP contribution is 2.16. The lowest BCUT2D eigenvalue weighted by Crippen LogP contribution is -2.50. The van der Waals surface area contributed by atoms with E-state index in [0.29, 0.717) is 37.4 Å². The highest BCUT2D eigenvalue weighted by molar-refractivity contribution is 14.1. The number of hydrogen-bond acceptors (Lipinski definition) is 4. The summed E-state index contributed by atoms with van der Waals surface area (Å²) >= 11 is 2.12. The quantitative estimate of drug-likeness (QED) is 0.566. The Morgan fingerprint density at radius 3 is 2.40 bits per heavy atom. The topological polar surface area (TPSA) is 69.3 Å². The maximum Gasteiger partial charge on any atom is 0.275 e. The van der Waals surface area contributed by atoms with Gasteiger partial charge < -0.3 is 4.90 Å². The van der Waals surface area contributed by atoms with Crippen molar-refractivity contribution in [3.63, 3.8) is 0 Å². The van der Waals surface area contributed by atoms with Crippen LogP contribution in [0.15, 0.2) is 24.3 Å². The number of nitrogens with zero attached hydrogens (tertiary/aromatic N) is 3. The van der Waals surface area contributed by atoms with Crippen molar-refractivity contribution >= 4 is 34.3 Å². The van der Waals surface area contributed by atoms with E-state index in [-0.39, 0.29) is 24.1 Å². The van der Waals surface area contributed by atoms with Crippen LogP contribution in [0.3, 0.4) is 0 Å². The van der Waals surface area contributed by atoms with Crippen LogP contribution in [-0.2, 0) is 0 Å². The molecule has 1 saturated heterocycles. The first kappa shape index (κ1) is 18.0. The van der Waals surface area contributed by atoms with E-state index in [4.69, 9.17) is 0 Å². The molecule has 1 aliphatic rings. The third kappa shape index (κ3) is 4.06. The molecule has 1 aromatic heterocycles. The van der Waals surface area contributed by atoms with Crippen LogP contribution in [0.2, 0.25) is 0 Å².